The van der Waals surface area contributed by atoms with Gasteiger partial charge in [0.25, 0.3) is 5.91 Å². The lowest BCUT2D eigenvalue weighted by molar-refractivity contribution is -0.138. The number of aromatic nitrogens is 3. The molecule has 0 spiro atoms. The second-order valence-corrected chi connectivity index (χ2v) is 3.75. The van der Waals surface area contributed by atoms with Crippen LogP contribution in [0.25, 0.3) is 0 Å². The SMILES string of the molecule is Cn1cc(NC(=O)c2ncccc2C(F)(F)F)cn1. The second-order valence-electron chi connectivity index (χ2n) is 3.75. The number of aryl methyl sites for hydroxylation is 1. The Balaban J connectivity index is 2.29. The highest BCUT2D eigenvalue weighted by molar-refractivity contribution is 6.03. The zero-order chi connectivity index (χ0) is 14.0. The van der Waals surface area contributed by atoms with E-state index in [2.05, 4.69) is 15.4 Å². The van der Waals surface area contributed by atoms with Gasteiger partial charge in [-0.25, -0.2) is 0 Å². The maximum atomic E-state index is 12.7. The van der Waals surface area contributed by atoms with E-state index in [4.69, 9.17) is 0 Å². The minimum absolute atomic E-state index is 0.297. The molecule has 5 nitrogen and oxygen atoms in total. The topological polar surface area (TPSA) is 59.8 Å². The third-order valence-electron chi connectivity index (χ3n) is 2.29. The van der Waals surface area contributed by atoms with Gasteiger partial charge in [-0.2, -0.15) is 18.3 Å². The van der Waals surface area contributed by atoms with Crippen molar-refractivity contribution >= 4 is 11.6 Å². The fraction of sp³-hybridized carbons (Fsp3) is 0.182. The van der Waals surface area contributed by atoms with Crippen LogP contribution in [0.4, 0.5) is 18.9 Å². The highest BCUT2D eigenvalue weighted by Gasteiger charge is 2.35. The summed E-state index contributed by atoms with van der Waals surface area (Å²) in [6, 6.07) is 1.94. The normalized spacial score (nSPS) is 11.4. The van der Waals surface area contributed by atoms with Gasteiger partial charge in [0.05, 0.1) is 17.4 Å². The summed E-state index contributed by atoms with van der Waals surface area (Å²) < 4.78 is 39.6. The molecule has 0 aliphatic carbocycles. The lowest BCUT2D eigenvalue weighted by atomic mass is 10.1. The number of pyridine rings is 1. The summed E-state index contributed by atoms with van der Waals surface area (Å²) in [6.07, 6.45) is -0.703. The van der Waals surface area contributed by atoms with E-state index in [1.807, 2.05) is 0 Å². The molecule has 0 fully saturated rings. The zero-order valence-electron chi connectivity index (χ0n) is 9.77. The molecule has 8 heteroatoms. The van der Waals surface area contributed by atoms with Crippen molar-refractivity contribution in [3.8, 4) is 0 Å². The molecule has 0 aliphatic rings. The number of hydrogen-bond acceptors (Lipinski definition) is 3. The summed E-state index contributed by atoms with van der Waals surface area (Å²) in [4.78, 5) is 15.3. The van der Waals surface area contributed by atoms with Crippen LogP contribution >= 0.6 is 0 Å². The molecular formula is C11H9F3N4O. The van der Waals surface area contributed by atoms with Crippen LogP contribution in [0, 0.1) is 0 Å². The van der Waals surface area contributed by atoms with Crippen molar-refractivity contribution in [2.75, 3.05) is 5.32 Å². The molecular weight excluding hydrogens is 261 g/mol. The summed E-state index contributed by atoms with van der Waals surface area (Å²) in [7, 11) is 1.62. The Bertz CT molecular complexity index is 606. The number of rotatable bonds is 2. The minimum atomic E-state index is -4.63. The van der Waals surface area contributed by atoms with Crippen LogP contribution in [0.2, 0.25) is 0 Å². The number of nitrogens with one attached hydrogen (secondary N) is 1. The van der Waals surface area contributed by atoms with Crippen LogP contribution in [0.1, 0.15) is 16.1 Å². The van der Waals surface area contributed by atoms with Crippen molar-refractivity contribution in [1.29, 1.82) is 0 Å². The molecule has 100 valence electrons. The molecule has 0 aromatic carbocycles. The molecule has 0 saturated carbocycles. The van der Waals surface area contributed by atoms with E-state index < -0.39 is 23.3 Å². The average Bonchev–Trinajstić information content (AvgIpc) is 2.73. The highest BCUT2D eigenvalue weighted by Crippen LogP contribution is 2.31. The van der Waals surface area contributed by atoms with Gasteiger partial charge in [0, 0.05) is 19.4 Å². The van der Waals surface area contributed by atoms with Crippen LogP contribution in [0.15, 0.2) is 30.7 Å². The molecule has 2 aromatic rings. The Hall–Kier alpha value is -2.38. The maximum absolute atomic E-state index is 12.7. The Morgan fingerprint density at radius 2 is 2.16 bits per heavy atom. The average molecular weight is 270 g/mol. The van der Waals surface area contributed by atoms with Crippen LogP contribution in [-0.2, 0) is 13.2 Å². The van der Waals surface area contributed by atoms with Gasteiger partial charge >= 0.3 is 6.18 Å². The van der Waals surface area contributed by atoms with Crippen LogP contribution < -0.4 is 5.32 Å². The van der Waals surface area contributed by atoms with E-state index >= 15 is 0 Å². The fourth-order valence-electron chi connectivity index (χ4n) is 1.49. The number of alkyl halides is 3. The van der Waals surface area contributed by atoms with Crippen molar-refractivity contribution < 1.29 is 18.0 Å². The van der Waals surface area contributed by atoms with E-state index in [1.165, 1.54) is 17.1 Å². The molecule has 2 heterocycles. The lowest BCUT2D eigenvalue weighted by Gasteiger charge is -2.10. The van der Waals surface area contributed by atoms with E-state index in [9.17, 15) is 18.0 Å². The molecule has 0 saturated heterocycles. The monoisotopic (exact) mass is 270 g/mol. The molecule has 1 N–H and O–H groups in total. The van der Waals surface area contributed by atoms with Crippen LogP contribution in [-0.4, -0.2) is 20.7 Å². The van der Waals surface area contributed by atoms with Crippen molar-refractivity contribution in [2.45, 2.75) is 6.18 Å². The first-order valence-corrected chi connectivity index (χ1v) is 5.20. The Morgan fingerprint density at radius 3 is 2.74 bits per heavy atom. The minimum Gasteiger partial charge on any atom is -0.318 e. The third kappa shape index (κ3) is 2.90. The molecule has 0 atom stereocenters. The zero-order valence-corrected chi connectivity index (χ0v) is 9.77. The molecule has 2 rings (SSSR count). The molecule has 1 amide bonds. The van der Waals surface area contributed by atoms with Gasteiger partial charge in [0.1, 0.15) is 5.69 Å². The van der Waals surface area contributed by atoms with Gasteiger partial charge in [-0.3, -0.25) is 14.5 Å². The Kier molecular flexibility index (Phi) is 3.24. The lowest BCUT2D eigenvalue weighted by Crippen LogP contribution is -2.20. The fourth-order valence-corrected chi connectivity index (χ4v) is 1.49. The van der Waals surface area contributed by atoms with Gasteiger partial charge in [-0.05, 0) is 12.1 Å². The summed E-state index contributed by atoms with van der Waals surface area (Å²) in [6.45, 7) is 0. The van der Waals surface area contributed by atoms with E-state index in [0.717, 1.165) is 18.3 Å². The van der Waals surface area contributed by atoms with Crippen LogP contribution in [0.3, 0.4) is 0 Å². The largest absolute Gasteiger partial charge is 0.418 e. The van der Waals surface area contributed by atoms with E-state index in [-0.39, 0.29) is 0 Å². The highest BCUT2D eigenvalue weighted by atomic mass is 19.4. The van der Waals surface area contributed by atoms with Crippen molar-refractivity contribution in [2.24, 2.45) is 7.05 Å². The van der Waals surface area contributed by atoms with Crippen molar-refractivity contribution in [3.05, 3.63) is 42.0 Å². The molecule has 0 unspecified atom stereocenters. The Labute approximate surface area is 106 Å². The van der Waals surface area contributed by atoms with Gasteiger partial charge in [0.15, 0.2) is 0 Å². The number of amides is 1. The summed E-state index contributed by atoms with van der Waals surface area (Å²) in [5.74, 6) is -0.930. The standard InChI is InChI=1S/C11H9F3N4O/c1-18-6-7(5-16-18)17-10(19)9-8(11(12,13)14)3-2-4-15-9/h2-6H,1H3,(H,17,19). The maximum Gasteiger partial charge on any atom is 0.418 e. The van der Waals surface area contributed by atoms with Gasteiger partial charge in [-0.1, -0.05) is 0 Å². The summed E-state index contributed by atoms with van der Waals surface area (Å²) >= 11 is 0. The Morgan fingerprint density at radius 1 is 1.42 bits per heavy atom. The quantitative estimate of drug-likeness (QED) is 0.909. The number of anilines is 1. The van der Waals surface area contributed by atoms with Gasteiger partial charge < -0.3 is 5.32 Å². The molecule has 19 heavy (non-hydrogen) atoms. The predicted molar refractivity (Wildman–Crippen MR) is 60.4 cm³/mol. The molecule has 2 aromatic heterocycles. The molecule has 0 aliphatic heterocycles. The first-order chi connectivity index (χ1) is 8.88. The van der Waals surface area contributed by atoms with Gasteiger partial charge in [-0.15, -0.1) is 0 Å². The predicted octanol–water partition coefficient (Wildman–Crippen LogP) is 2.09. The van der Waals surface area contributed by atoms with E-state index in [1.54, 1.807) is 7.05 Å². The summed E-state index contributed by atoms with van der Waals surface area (Å²) in [5.41, 5.74) is -1.44. The van der Waals surface area contributed by atoms with E-state index in [0.29, 0.717) is 5.69 Å². The molecule has 0 bridgehead atoms. The first kappa shape index (κ1) is 13.1. The molecule has 0 radical (unpaired) electrons. The summed E-state index contributed by atoms with van der Waals surface area (Å²) in [5, 5.41) is 6.10. The second kappa shape index (κ2) is 4.71. The number of hydrogen-bond donors (Lipinski definition) is 1. The smallest absolute Gasteiger partial charge is 0.318 e. The van der Waals surface area contributed by atoms with Gasteiger partial charge in [0.2, 0.25) is 0 Å². The van der Waals surface area contributed by atoms with Crippen LogP contribution in [0.5, 0.6) is 0 Å². The third-order valence-corrected chi connectivity index (χ3v) is 2.29. The first-order valence-electron chi connectivity index (χ1n) is 5.20. The van der Waals surface area contributed by atoms with Crippen molar-refractivity contribution in [3.63, 3.8) is 0 Å². The number of nitrogens with zero attached hydrogens (tertiary/aromatic N) is 3. The number of carbonyl (C=O) groups excluding carboxylic acids is 1. The number of carbonyl (C=O) groups is 1. The van der Waals surface area contributed by atoms with Crippen molar-refractivity contribution in [1.82, 2.24) is 14.8 Å². The number of halogens is 3.